The summed E-state index contributed by atoms with van der Waals surface area (Å²) in [7, 11) is 1.73. The third-order valence-corrected chi connectivity index (χ3v) is 4.36. The molecule has 25 heavy (non-hydrogen) atoms. The minimum atomic E-state index is -0.461. The van der Waals surface area contributed by atoms with Gasteiger partial charge in [-0.2, -0.15) is 0 Å². The van der Waals surface area contributed by atoms with Crippen LogP contribution in [-0.2, 0) is 9.59 Å². The SMILES string of the molecule is CCOc1cccc(NC(=O)[C@H]2CC(=O)N(C)[C@@H]2c2cccnc2)c1. The molecule has 0 unspecified atom stereocenters. The fraction of sp³-hybridized carbons (Fsp3) is 0.316. The van der Waals surface area contributed by atoms with E-state index in [-0.39, 0.29) is 24.3 Å². The number of nitrogens with zero attached hydrogens (tertiary/aromatic N) is 2. The van der Waals surface area contributed by atoms with Gasteiger partial charge in [0.25, 0.3) is 0 Å². The molecule has 0 aliphatic carbocycles. The molecule has 1 aliphatic rings. The first kappa shape index (κ1) is 17.0. The van der Waals surface area contributed by atoms with Gasteiger partial charge in [0.2, 0.25) is 11.8 Å². The molecule has 0 saturated carbocycles. The number of rotatable bonds is 5. The van der Waals surface area contributed by atoms with Gasteiger partial charge in [-0.25, -0.2) is 0 Å². The number of aromatic nitrogens is 1. The summed E-state index contributed by atoms with van der Waals surface area (Å²) in [6.45, 7) is 2.46. The van der Waals surface area contributed by atoms with E-state index in [1.807, 2.05) is 31.2 Å². The molecule has 6 heteroatoms. The highest BCUT2D eigenvalue weighted by Gasteiger charge is 2.42. The molecule has 0 radical (unpaired) electrons. The number of likely N-dealkylation sites (tertiary alicyclic amines) is 1. The van der Waals surface area contributed by atoms with Crippen LogP contribution in [0.15, 0.2) is 48.8 Å². The van der Waals surface area contributed by atoms with E-state index in [0.717, 1.165) is 5.56 Å². The molecular formula is C19H21N3O3. The van der Waals surface area contributed by atoms with Crippen LogP contribution < -0.4 is 10.1 Å². The molecule has 1 fully saturated rings. The minimum absolute atomic E-state index is 0.0444. The fourth-order valence-corrected chi connectivity index (χ4v) is 3.18. The van der Waals surface area contributed by atoms with E-state index in [2.05, 4.69) is 10.3 Å². The number of anilines is 1. The van der Waals surface area contributed by atoms with Gasteiger partial charge in [-0.15, -0.1) is 0 Å². The van der Waals surface area contributed by atoms with Crippen molar-refractivity contribution in [2.75, 3.05) is 19.0 Å². The number of benzene rings is 1. The van der Waals surface area contributed by atoms with E-state index >= 15 is 0 Å². The summed E-state index contributed by atoms with van der Waals surface area (Å²) in [6.07, 6.45) is 3.57. The number of ether oxygens (including phenoxy) is 1. The molecule has 2 heterocycles. The lowest BCUT2D eigenvalue weighted by atomic mass is 9.94. The summed E-state index contributed by atoms with van der Waals surface area (Å²) in [5.41, 5.74) is 1.52. The van der Waals surface area contributed by atoms with Gasteiger partial charge in [0, 0.05) is 37.6 Å². The van der Waals surface area contributed by atoms with Crippen molar-refractivity contribution in [3.8, 4) is 5.75 Å². The van der Waals surface area contributed by atoms with Crippen molar-refractivity contribution in [1.82, 2.24) is 9.88 Å². The van der Waals surface area contributed by atoms with Crippen LogP contribution in [0.1, 0.15) is 24.9 Å². The molecule has 1 aliphatic heterocycles. The second-order valence-corrected chi connectivity index (χ2v) is 6.00. The lowest BCUT2D eigenvalue weighted by molar-refractivity contribution is -0.127. The number of nitrogens with one attached hydrogen (secondary N) is 1. The van der Waals surface area contributed by atoms with E-state index < -0.39 is 5.92 Å². The van der Waals surface area contributed by atoms with Crippen molar-refractivity contribution in [3.63, 3.8) is 0 Å². The zero-order valence-electron chi connectivity index (χ0n) is 14.3. The third kappa shape index (κ3) is 3.63. The third-order valence-electron chi connectivity index (χ3n) is 4.36. The monoisotopic (exact) mass is 339 g/mol. The van der Waals surface area contributed by atoms with Crippen molar-refractivity contribution in [2.45, 2.75) is 19.4 Å². The van der Waals surface area contributed by atoms with E-state index in [0.29, 0.717) is 18.0 Å². The summed E-state index contributed by atoms with van der Waals surface area (Å²) in [6, 6.07) is 10.6. The maximum absolute atomic E-state index is 12.8. The van der Waals surface area contributed by atoms with E-state index in [4.69, 9.17) is 4.74 Å². The Balaban J connectivity index is 1.80. The van der Waals surface area contributed by atoms with Crippen LogP contribution in [-0.4, -0.2) is 35.4 Å². The quantitative estimate of drug-likeness (QED) is 0.909. The molecule has 1 aromatic carbocycles. The molecule has 6 nitrogen and oxygen atoms in total. The molecule has 0 bridgehead atoms. The average Bonchev–Trinajstić information content (AvgIpc) is 2.92. The summed E-state index contributed by atoms with van der Waals surface area (Å²) >= 11 is 0. The van der Waals surface area contributed by atoms with E-state index in [1.165, 1.54) is 0 Å². The van der Waals surface area contributed by atoms with Gasteiger partial charge in [0.1, 0.15) is 5.75 Å². The number of hydrogen-bond donors (Lipinski definition) is 1. The molecule has 1 N–H and O–H groups in total. The molecule has 130 valence electrons. The maximum Gasteiger partial charge on any atom is 0.230 e. The predicted octanol–water partition coefficient (Wildman–Crippen LogP) is 2.64. The average molecular weight is 339 g/mol. The van der Waals surface area contributed by atoms with Crippen LogP contribution in [0.2, 0.25) is 0 Å². The number of carbonyl (C=O) groups excluding carboxylic acids is 2. The molecule has 1 aromatic heterocycles. The van der Waals surface area contributed by atoms with Gasteiger partial charge >= 0.3 is 0 Å². The molecular weight excluding hydrogens is 318 g/mol. The van der Waals surface area contributed by atoms with Gasteiger partial charge < -0.3 is 15.0 Å². The van der Waals surface area contributed by atoms with Gasteiger partial charge in [0.15, 0.2) is 0 Å². The summed E-state index contributed by atoms with van der Waals surface area (Å²) < 4.78 is 5.46. The predicted molar refractivity (Wildman–Crippen MR) is 94.1 cm³/mol. The Kier molecular flexibility index (Phi) is 4.97. The summed E-state index contributed by atoms with van der Waals surface area (Å²) in [5.74, 6) is 0.0125. The van der Waals surface area contributed by atoms with Gasteiger partial charge in [-0.1, -0.05) is 12.1 Å². The summed E-state index contributed by atoms with van der Waals surface area (Å²) in [5, 5.41) is 2.91. The van der Waals surface area contributed by atoms with Crippen LogP contribution in [0.25, 0.3) is 0 Å². The molecule has 2 amide bonds. The molecule has 2 atom stereocenters. The molecule has 2 aromatic rings. The number of hydrogen-bond acceptors (Lipinski definition) is 4. The molecule has 3 rings (SSSR count). The standard InChI is InChI=1S/C19H21N3O3/c1-3-25-15-8-4-7-14(10-15)21-19(24)16-11-17(23)22(2)18(16)13-6-5-9-20-12-13/h4-10,12,16,18H,3,11H2,1-2H3,(H,21,24)/t16-,18+/m0/s1. The van der Waals surface area contributed by atoms with Crippen LogP contribution in [0.5, 0.6) is 5.75 Å². The molecule has 0 spiro atoms. The second-order valence-electron chi connectivity index (χ2n) is 6.00. The highest BCUT2D eigenvalue weighted by atomic mass is 16.5. The Morgan fingerprint density at radius 1 is 1.36 bits per heavy atom. The highest BCUT2D eigenvalue weighted by molar-refractivity contribution is 5.98. The van der Waals surface area contributed by atoms with Crippen LogP contribution in [0.4, 0.5) is 5.69 Å². The van der Waals surface area contributed by atoms with Crippen LogP contribution in [0, 0.1) is 5.92 Å². The van der Waals surface area contributed by atoms with Gasteiger partial charge in [-0.3, -0.25) is 14.6 Å². The Bertz CT molecular complexity index is 764. The van der Waals surface area contributed by atoms with Crippen LogP contribution >= 0.6 is 0 Å². The van der Waals surface area contributed by atoms with Crippen molar-refractivity contribution >= 4 is 17.5 Å². The zero-order chi connectivity index (χ0) is 17.8. The smallest absolute Gasteiger partial charge is 0.230 e. The van der Waals surface area contributed by atoms with Crippen molar-refractivity contribution in [2.24, 2.45) is 5.92 Å². The largest absolute Gasteiger partial charge is 0.494 e. The first-order valence-electron chi connectivity index (χ1n) is 8.29. The topological polar surface area (TPSA) is 71.5 Å². The Hall–Kier alpha value is -2.89. The highest BCUT2D eigenvalue weighted by Crippen LogP contribution is 2.37. The van der Waals surface area contributed by atoms with E-state index in [9.17, 15) is 9.59 Å². The number of carbonyl (C=O) groups is 2. The van der Waals surface area contributed by atoms with Gasteiger partial charge in [0.05, 0.1) is 18.6 Å². The lowest BCUT2D eigenvalue weighted by Crippen LogP contribution is -2.30. The fourth-order valence-electron chi connectivity index (χ4n) is 3.18. The summed E-state index contributed by atoms with van der Waals surface area (Å²) in [4.78, 5) is 30.7. The molecule has 1 saturated heterocycles. The first-order valence-corrected chi connectivity index (χ1v) is 8.29. The van der Waals surface area contributed by atoms with Gasteiger partial charge in [-0.05, 0) is 30.7 Å². The zero-order valence-corrected chi connectivity index (χ0v) is 14.3. The minimum Gasteiger partial charge on any atom is -0.494 e. The Morgan fingerprint density at radius 3 is 2.92 bits per heavy atom. The number of pyridine rings is 1. The lowest BCUT2D eigenvalue weighted by Gasteiger charge is -2.24. The van der Waals surface area contributed by atoms with E-state index in [1.54, 1.807) is 36.5 Å². The van der Waals surface area contributed by atoms with Crippen molar-refractivity contribution in [3.05, 3.63) is 54.4 Å². The Labute approximate surface area is 146 Å². The Morgan fingerprint density at radius 2 is 2.20 bits per heavy atom. The van der Waals surface area contributed by atoms with Crippen molar-refractivity contribution in [1.29, 1.82) is 0 Å². The van der Waals surface area contributed by atoms with Crippen molar-refractivity contribution < 1.29 is 14.3 Å². The van der Waals surface area contributed by atoms with Crippen LogP contribution in [0.3, 0.4) is 0 Å². The second kappa shape index (κ2) is 7.34. The first-order chi connectivity index (χ1) is 12.1. The normalized spacial score (nSPS) is 19.8. The number of amides is 2. The maximum atomic E-state index is 12.8.